The van der Waals surface area contributed by atoms with E-state index in [1.54, 1.807) is 6.21 Å². The van der Waals surface area contributed by atoms with Crippen molar-refractivity contribution in [2.75, 3.05) is 6.61 Å². The predicted octanol–water partition coefficient (Wildman–Crippen LogP) is 4.96. The summed E-state index contributed by atoms with van der Waals surface area (Å²) in [5.74, 6) is 1.18. The van der Waals surface area contributed by atoms with E-state index in [4.69, 9.17) is 21.1 Å². The van der Waals surface area contributed by atoms with Crippen molar-refractivity contribution in [2.24, 2.45) is 5.10 Å². The predicted molar refractivity (Wildman–Crippen MR) is 109 cm³/mol. The van der Waals surface area contributed by atoms with Crippen molar-refractivity contribution in [3.8, 4) is 11.5 Å². The second-order valence-corrected chi connectivity index (χ2v) is 6.39. The maximum atomic E-state index is 11.6. The molecular weight excluding hydrogens is 364 g/mol. The summed E-state index contributed by atoms with van der Waals surface area (Å²) in [6.07, 6.45) is 3.90. The highest BCUT2D eigenvalue weighted by Crippen LogP contribution is 2.29. The van der Waals surface area contributed by atoms with Crippen LogP contribution < -0.4 is 14.9 Å². The summed E-state index contributed by atoms with van der Waals surface area (Å²) in [5, 5.41) is 4.67. The van der Waals surface area contributed by atoms with E-state index in [0.29, 0.717) is 36.2 Å². The standard InChI is InChI=1S/C21H25ClN2O3/c1-3-5-9-21(25)24-23-14-16-10-11-19(20(13-16)26-4-2)27-15-17-7-6-8-18(22)12-17/h6-8,10-14H,3-5,9,15H2,1-2H3,(H,24,25)/b23-14+. The normalized spacial score (nSPS) is 10.8. The Morgan fingerprint density at radius 3 is 2.74 bits per heavy atom. The summed E-state index contributed by atoms with van der Waals surface area (Å²) in [5.41, 5.74) is 4.32. The molecule has 2 aromatic rings. The van der Waals surface area contributed by atoms with Gasteiger partial charge in [0.25, 0.3) is 0 Å². The Morgan fingerprint density at radius 1 is 1.15 bits per heavy atom. The molecule has 1 N–H and O–H groups in total. The fourth-order valence-electron chi connectivity index (χ4n) is 2.35. The monoisotopic (exact) mass is 388 g/mol. The van der Waals surface area contributed by atoms with Gasteiger partial charge in [-0.15, -0.1) is 0 Å². The van der Waals surface area contributed by atoms with E-state index in [2.05, 4.69) is 10.5 Å². The van der Waals surface area contributed by atoms with Crippen LogP contribution in [0, 0.1) is 0 Å². The van der Waals surface area contributed by atoms with Crippen molar-refractivity contribution in [3.05, 3.63) is 58.6 Å². The Balaban J connectivity index is 2.01. The van der Waals surface area contributed by atoms with Gasteiger partial charge in [0, 0.05) is 11.4 Å². The number of rotatable bonds is 10. The van der Waals surface area contributed by atoms with Crippen molar-refractivity contribution >= 4 is 23.7 Å². The van der Waals surface area contributed by atoms with Gasteiger partial charge in [0.05, 0.1) is 12.8 Å². The molecule has 0 atom stereocenters. The van der Waals surface area contributed by atoms with Gasteiger partial charge in [-0.2, -0.15) is 5.10 Å². The highest BCUT2D eigenvalue weighted by atomic mass is 35.5. The lowest BCUT2D eigenvalue weighted by atomic mass is 10.2. The summed E-state index contributed by atoms with van der Waals surface area (Å²) in [6.45, 7) is 4.86. The molecule has 0 saturated heterocycles. The minimum Gasteiger partial charge on any atom is -0.490 e. The first-order chi connectivity index (χ1) is 13.1. The second kappa shape index (κ2) is 11.2. The van der Waals surface area contributed by atoms with Gasteiger partial charge in [-0.25, -0.2) is 5.43 Å². The molecule has 2 aromatic carbocycles. The van der Waals surface area contributed by atoms with Crippen molar-refractivity contribution in [1.82, 2.24) is 5.43 Å². The molecule has 0 radical (unpaired) electrons. The average Bonchev–Trinajstić information content (AvgIpc) is 2.66. The number of nitrogens with zero attached hydrogens (tertiary/aromatic N) is 1. The van der Waals surface area contributed by atoms with E-state index >= 15 is 0 Å². The van der Waals surface area contributed by atoms with Crippen LogP contribution in [-0.2, 0) is 11.4 Å². The Hall–Kier alpha value is -2.53. The molecular formula is C21H25ClN2O3. The Bertz CT molecular complexity index is 778. The van der Waals surface area contributed by atoms with E-state index in [0.717, 1.165) is 24.0 Å². The van der Waals surface area contributed by atoms with Gasteiger partial charge in [-0.1, -0.05) is 37.1 Å². The van der Waals surface area contributed by atoms with Crippen LogP contribution in [0.25, 0.3) is 0 Å². The molecule has 6 heteroatoms. The maximum Gasteiger partial charge on any atom is 0.240 e. The first-order valence-electron chi connectivity index (χ1n) is 9.08. The number of amides is 1. The van der Waals surface area contributed by atoms with Crippen LogP contribution in [0.1, 0.15) is 44.2 Å². The number of unbranched alkanes of at least 4 members (excludes halogenated alkanes) is 1. The molecule has 5 nitrogen and oxygen atoms in total. The highest BCUT2D eigenvalue weighted by molar-refractivity contribution is 6.30. The molecule has 0 saturated carbocycles. The van der Waals surface area contributed by atoms with E-state index in [-0.39, 0.29) is 5.91 Å². The van der Waals surface area contributed by atoms with Crippen molar-refractivity contribution in [2.45, 2.75) is 39.7 Å². The number of halogens is 1. The molecule has 0 spiro atoms. The number of nitrogens with one attached hydrogen (secondary N) is 1. The summed E-state index contributed by atoms with van der Waals surface area (Å²) in [6, 6.07) is 13.1. The fourth-order valence-corrected chi connectivity index (χ4v) is 2.57. The first kappa shape index (κ1) is 20.8. The van der Waals surface area contributed by atoms with Crippen LogP contribution in [0.2, 0.25) is 5.02 Å². The molecule has 0 heterocycles. The van der Waals surface area contributed by atoms with E-state index in [1.165, 1.54) is 0 Å². The van der Waals surface area contributed by atoms with Gasteiger partial charge < -0.3 is 9.47 Å². The SMILES string of the molecule is CCCCC(=O)N/N=C/c1ccc(OCc2cccc(Cl)c2)c(OCC)c1. The molecule has 0 aliphatic carbocycles. The second-order valence-electron chi connectivity index (χ2n) is 5.95. The van der Waals surface area contributed by atoms with Crippen LogP contribution in [0.3, 0.4) is 0 Å². The van der Waals surface area contributed by atoms with Gasteiger partial charge in [0.2, 0.25) is 5.91 Å². The quantitative estimate of drug-likeness (QED) is 0.462. The molecule has 0 fully saturated rings. The number of hydrazone groups is 1. The zero-order valence-corrected chi connectivity index (χ0v) is 16.5. The van der Waals surface area contributed by atoms with Crippen LogP contribution >= 0.6 is 11.6 Å². The minimum absolute atomic E-state index is 0.0837. The van der Waals surface area contributed by atoms with Crippen LogP contribution in [0.5, 0.6) is 11.5 Å². The maximum absolute atomic E-state index is 11.6. The molecule has 1 amide bonds. The Labute approximate surface area is 165 Å². The summed E-state index contributed by atoms with van der Waals surface area (Å²) >= 11 is 6.00. The Kier molecular flexibility index (Phi) is 8.65. The number of benzene rings is 2. The fraction of sp³-hybridized carbons (Fsp3) is 0.333. The molecule has 2 rings (SSSR count). The van der Waals surface area contributed by atoms with E-state index < -0.39 is 0 Å². The van der Waals surface area contributed by atoms with Gasteiger partial charge in [-0.3, -0.25) is 4.79 Å². The van der Waals surface area contributed by atoms with Gasteiger partial charge in [0.15, 0.2) is 11.5 Å². The highest BCUT2D eigenvalue weighted by Gasteiger charge is 2.07. The van der Waals surface area contributed by atoms with Crippen LogP contribution in [0.4, 0.5) is 0 Å². The van der Waals surface area contributed by atoms with Crippen molar-refractivity contribution in [3.63, 3.8) is 0 Å². The molecule has 0 aromatic heterocycles. The molecule has 0 unspecified atom stereocenters. The molecule has 0 aliphatic rings. The zero-order chi connectivity index (χ0) is 19.5. The molecule has 0 aliphatic heterocycles. The number of carbonyl (C=O) groups excluding carboxylic acids is 1. The molecule has 144 valence electrons. The topological polar surface area (TPSA) is 59.9 Å². The lowest BCUT2D eigenvalue weighted by Gasteiger charge is -2.12. The third kappa shape index (κ3) is 7.31. The summed E-state index contributed by atoms with van der Waals surface area (Å²) in [7, 11) is 0. The van der Waals surface area contributed by atoms with Crippen LogP contribution in [-0.4, -0.2) is 18.7 Å². The first-order valence-corrected chi connectivity index (χ1v) is 9.46. The zero-order valence-electron chi connectivity index (χ0n) is 15.7. The summed E-state index contributed by atoms with van der Waals surface area (Å²) in [4.78, 5) is 11.6. The van der Waals surface area contributed by atoms with Crippen molar-refractivity contribution in [1.29, 1.82) is 0 Å². The molecule has 27 heavy (non-hydrogen) atoms. The van der Waals surface area contributed by atoms with Crippen molar-refractivity contribution < 1.29 is 14.3 Å². The smallest absolute Gasteiger partial charge is 0.240 e. The lowest BCUT2D eigenvalue weighted by Crippen LogP contribution is -2.16. The number of carbonyl (C=O) groups is 1. The van der Waals surface area contributed by atoms with Gasteiger partial charge in [0.1, 0.15) is 6.61 Å². The van der Waals surface area contributed by atoms with Crippen LogP contribution in [0.15, 0.2) is 47.6 Å². The largest absolute Gasteiger partial charge is 0.490 e. The number of ether oxygens (including phenoxy) is 2. The van der Waals surface area contributed by atoms with E-state index in [9.17, 15) is 4.79 Å². The lowest BCUT2D eigenvalue weighted by molar-refractivity contribution is -0.121. The third-order valence-electron chi connectivity index (χ3n) is 3.71. The average molecular weight is 389 g/mol. The minimum atomic E-state index is -0.0837. The third-order valence-corrected chi connectivity index (χ3v) is 3.95. The van der Waals surface area contributed by atoms with Gasteiger partial charge in [-0.05, 0) is 54.8 Å². The number of hydrogen-bond acceptors (Lipinski definition) is 4. The Morgan fingerprint density at radius 2 is 2.00 bits per heavy atom. The van der Waals surface area contributed by atoms with E-state index in [1.807, 2.05) is 56.3 Å². The molecule has 0 bridgehead atoms. The number of hydrogen-bond donors (Lipinski definition) is 1. The summed E-state index contributed by atoms with van der Waals surface area (Å²) < 4.78 is 11.5. The van der Waals surface area contributed by atoms with Gasteiger partial charge >= 0.3 is 0 Å².